The molecule has 0 bridgehead atoms. The first kappa shape index (κ1) is 46.2. The van der Waals surface area contributed by atoms with Crippen molar-refractivity contribution >= 4 is 16.1 Å². The number of aliphatic hydroxyl groups excluding tert-OH is 1. The number of carbonyl (C=O) groups excluding carboxylic acids is 1. The Morgan fingerprint density at radius 1 is 0.787 bits per heavy atom. The van der Waals surface area contributed by atoms with Crippen LogP contribution in [-0.2, 0) is 76.8 Å². The number of esters is 1. The van der Waals surface area contributed by atoms with E-state index in [4.69, 9.17) is 42.1 Å². The van der Waals surface area contributed by atoms with Crippen LogP contribution in [0.4, 0.5) is 0 Å². The van der Waals surface area contributed by atoms with E-state index in [2.05, 4.69) is 6.58 Å². The summed E-state index contributed by atoms with van der Waals surface area (Å²) in [5, 5.41) is 25.9. The molecule has 15 heteroatoms. The van der Waals surface area contributed by atoms with Gasteiger partial charge >= 0.3 is 5.97 Å². The van der Waals surface area contributed by atoms with Gasteiger partial charge in [0.05, 0.1) is 31.3 Å². The molecular formula is C46H54O14S. The van der Waals surface area contributed by atoms with Gasteiger partial charge in [-0.15, -0.1) is 6.58 Å². The van der Waals surface area contributed by atoms with Crippen molar-refractivity contribution in [2.45, 2.75) is 98.8 Å². The van der Waals surface area contributed by atoms with Crippen LogP contribution in [0.2, 0.25) is 0 Å². The lowest BCUT2D eigenvalue weighted by molar-refractivity contribution is -0.389. The van der Waals surface area contributed by atoms with Gasteiger partial charge in [0.25, 0.3) is 10.1 Å². The summed E-state index contributed by atoms with van der Waals surface area (Å²) in [6.45, 7) is 5.82. The quantitative estimate of drug-likeness (QED) is 0.0746. The van der Waals surface area contributed by atoms with Crippen LogP contribution in [0.3, 0.4) is 0 Å². The lowest BCUT2D eigenvalue weighted by Gasteiger charge is -2.58. The van der Waals surface area contributed by atoms with Gasteiger partial charge in [-0.3, -0.25) is 8.98 Å². The number of aliphatic hydroxyl groups is 2. The van der Waals surface area contributed by atoms with Crippen molar-refractivity contribution in [2.24, 2.45) is 0 Å². The van der Waals surface area contributed by atoms with Crippen LogP contribution < -0.4 is 0 Å². The molecule has 0 aliphatic carbocycles. The molecule has 4 aromatic rings. The van der Waals surface area contributed by atoms with Crippen LogP contribution in [0.15, 0.2) is 133 Å². The number of benzene rings is 4. The molecule has 0 spiro atoms. The largest absolute Gasteiger partial charge is 0.457 e. The van der Waals surface area contributed by atoms with E-state index in [0.717, 1.165) is 29.2 Å². The average molecular weight is 863 g/mol. The van der Waals surface area contributed by atoms with Crippen LogP contribution in [0, 0.1) is 6.92 Å². The second-order valence-corrected chi connectivity index (χ2v) is 16.7. The van der Waals surface area contributed by atoms with Crippen LogP contribution >= 0.6 is 0 Å². The summed E-state index contributed by atoms with van der Waals surface area (Å²) >= 11 is 0. The van der Waals surface area contributed by atoms with Gasteiger partial charge in [0, 0.05) is 21.1 Å². The van der Waals surface area contributed by atoms with Crippen molar-refractivity contribution in [1.29, 1.82) is 0 Å². The number of hydrogen-bond donors (Lipinski definition) is 2. The first-order valence-electron chi connectivity index (χ1n) is 19.8. The number of rotatable bonds is 19. The second-order valence-electron chi connectivity index (χ2n) is 15.0. The number of ether oxygens (including phenoxy) is 8. The second kappa shape index (κ2) is 20.7. The Morgan fingerprint density at radius 3 is 1.87 bits per heavy atom. The highest BCUT2D eigenvalue weighted by molar-refractivity contribution is 7.86. The topological polar surface area (TPSA) is 175 Å². The predicted molar refractivity (Wildman–Crippen MR) is 221 cm³/mol. The molecule has 4 aromatic carbocycles. The molecule has 2 aliphatic rings. The zero-order chi connectivity index (χ0) is 43.6. The Bertz CT molecular complexity index is 2110. The SMILES string of the molecule is C=C[C@]1(COS(=O)(=O)c2ccc(C)cc2)O[C@@H]([C@]2(O)[C@H](OCc3ccccc3)[C@@H](OCc3ccccc3)[C@@H](OC)O[C@@H]2COCc2ccccc2)[C@@H](OC(C)=O)[C@@H](OC)[C@@H]1O. The summed E-state index contributed by atoms with van der Waals surface area (Å²) in [4.78, 5) is 12.8. The van der Waals surface area contributed by atoms with E-state index in [9.17, 15) is 23.4 Å². The summed E-state index contributed by atoms with van der Waals surface area (Å²) in [7, 11) is -1.76. The molecule has 328 valence electrons. The first-order chi connectivity index (χ1) is 29.3. The Kier molecular flexibility index (Phi) is 15.6. The fraction of sp³-hybridized carbons (Fsp3) is 0.413. The lowest BCUT2D eigenvalue weighted by atomic mass is 9.72. The minimum absolute atomic E-state index is 0.0325. The molecule has 61 heavy (non-hydrogen) atoms. The number of carbonyl (C=O) groups is 1. The maximum atomic E-state index is 13.8. The maximum absolute atomic E-state index is 13.8. The third kappa shape index (κ3) is 10.6. The summed E-state index contributed by atoms with van der Waals surface area (Å²) in [5.41, 5.74) is -1.38. The molecule has 0 radical (unpaired) electrons. The van der Waals surface area contributed by atoms with Gasteiger partial charge in [-0.05, 0) is 35.7 Å². The molecule has 10 atom stereocenters. The Morgan fingerprint density at radius 2 is 1.34 bits per heavy atom. The van der Waals surface area contributed by atoms with Crippen LogP contribution in [0.5, 0.6) is 0 Å². The van der Waals surface area contributed by atoms with E-state index < -0.39 is 82.9 Å². The molecule has 0 aromatic heterocycles. The van der Waals surface area contributed by atoms with E-state index in [0.29, 0.717) is 0 Å². The van der Waals surface area contributed by atoms with Gasteiger partial charge in [0.2, 0.25) is 0 Å². The van der Waals surface area contributed by atoms with Crippen LogP contribution in [0.1, 0.15) is 29.2 Å². The third-order valence-electron chi connectivity index (χ3n) is 10.9. The monoisotopic (exact) mass is 862 g/mol. The van der Waals surface area contributed by atoms with Gasteiger partial charge in [-0.2, -0.15) is 8.42 Å². The fourth-order valence-electron chi connectivity index (χ4n) is 7.66. The van der Waals surface area contributed by atoms with Gasteiger partial charge in [0.15, 0.2) is 18.0 Å². The number of methoxy groups -OCH3 is 2. The molecule has 6 rings (SSSR count). The van der Waals surface area contributed by atoms with E-state index in [1.807, 2.05) is 97.9 Å². The standard InChI is InChI=1S/C46H54O14S/c1-6-45(30-57-61(50,51)36-24-22-31(2)23-25-36)41(48)38(52-4)39(58-32(3)47)43(60-45)46(49)37(29-54-26-33-16-10-7-11-17-33)59-44(53-5)40(55-27-34-18-12-8-13-19-34)42(46)56-28-35-20-14-9-15-21-35/h6-25,37-44,48-49H,1,26-30H2,2-5H3/t37-,38-,39+,40-,41+,42-,43-,44+,45-,46-/m1/s1. The minimum atomic E-state index is -4.45. The maximum Gasteiger partial charge on any atom is 0.303 e. The highest BCUT2D eigenvalue weighted by Crippen LogP contribution is 2.46. The highest BCUT2D eigenvalue weighted by Gasteiger charge is 2.69. The zero-order valence-electron chi connectivity index (χ0n) is 34.6. The third-order valence-corrected chi connectivity index (χ3v) is 12.2. The van der Waals surface area contributed by atoms with Crippen molar-refractivity contribution in [2.75, 3.05) is 27.4 Å². The molecule has 2 saturated heterocycles. The highest BCUT2D eigenvalue weighted by atomic mass is 32.2. The Labute approximate surface area is 357 Å². The average Bonchev–Trinajstić information content (AvgIpc) is 3.27. The van der Waals surface area contributed by atoms with Gasteiger partial charge in [-0.1, -0.05) is 115 Å². The lowest BCUT2D eigenvalue weighted by Crippen LogP contribution is -2.79. The van der Waals surface area contributed by atoms with E-state index in [1.54, 1.807) is 12.1 Å². The normalized spacial score (nSPS) is 29.1. The summed E-state index contributed by atoms with van der Waals surface area (Å²) in [5.74, 6) is -0.803. The molecule has 0 saturated carbocycles. The van der Waals surface area contributed by atoms with Gasteiger partial charge in [-0.25, -0.2) is 0 Å². The van der Waals surface area contributed by atoms with E-state index in [-0.39, 0.29) is 31.3 Å². The summed E-state index contributed by atoms with van der Waals surface area (Å²) < 4.78 is 83.2. The molecule has 0 unspecified atom stereocenters. The molecule has 2 fully saturated rings. The van der Waals surface area contributed by atoms with Crippen LogP contribution in [0.25, 0.3) is 0 Å². The first-order valence-corrected chi connectivity index (χ1v) is 21.2. The Hall–Kier alpha value is -4.36. The van der Waals surface area contributed by atoms with E-state index >= 15 is 0 Å². The van der Waals surface area contributed by atoms with E-state index in [1.165, 1.54) is 32.4 Å². The van der Waals surface area contributed by atoms with Crippen molar-refractivity contribution in [3.63, 3.8) is 0 Å². The predicted octanol–water partition coefficient (Wildman–Crippen LogP) is 4.82. The number of aryl methyl sites for hydroxylation is 1. The van der Waals surface area contributed by atoms with Crippen molar-refractivity contribution in [3.8, 4) is 0 Å². The van der Waals surface area contributed by atoms with Gasteiger partial charge in [0.1, 0.15) is 48.8 Å². The molecule has 14 nitrogen and oxygen atoms in total. The molecule has 2 heterocycles. The number of hydrogen-bond acceptors (Lipinski definition) is 14. The van der Waals surface area contributed by atoms with Crippen molar-refractivity contribution < 1.29 is 65.5 Å². The zero-order valence-corrected chi connectivity index (χ0v) is 35.4. The minimum Gasteiger partial charge on any atom is -0.457 e. The molecule has 2 N–H and O–H groups in total. The van der Waals surface area contributed by atoms with Crippen LogP contribution in [-0.4, -0.2) is 112 Å². The molecule has 0 amide bonds. The molecule has 2 aliphatic heterocycles. The van der Waals surface area contributed by atoms with Crippen molar-refractivity contribution in [3.05, 3.63) is 150 Å². The smallest absolute Gasteiger partial charge is 0.303 e. The summed E-state index contributed by atoms with van der Waals surface area (Å²) in [6, 6.07) is 33.9. The van der Waals surface area contributed by atoms with Crippen molar-refractivity contribution in [1.82, 2.24) is 0 Å². The molecular weight excluding hydrogens is 809 g/mol. The summed E-state index contributed by atoms with van der Waals surface area (Å²) in [6.07, 6.45) is -10.6. The fourth-order valence-corrected chi connectivity index (χ4v) is 8.60. The van der Waals surface area contributed by atoms with Gasteiger partial charge < -0.3 is 48.1 Å². The Balaban J connectivity index is 1.48.